The summed E-state index contributed by atoms with van der Waals surface area (Å²) in [6.07, 6.45) is 3.11. The summed E-state index contributed by atoms with van der Waals surface area (Å²) in [5.74, 6) is 0.930. The minimum Gasteiger partial charge on any atom is -0.495 e. The highest BCUT2D eigenvalue weighted by Gasteiger charge is 2.13. The zero-order chi connectivity index (χ0) is 12.4. The molecule has 0 amide bonds. The minimum atomic E-state index is 0.417. The Labute approximate surface area is 102 Å². The number of hydrogen-bond donors (Lipinski definition) is 1. The fourth-order valence-corrected chi connectivity index (χ4v) is 2.28. The van der Waals surface area contributed by atoms with E-state index in [4.69, 9.17) is 10.5 Å². The van der Waals surface area contributed by atoms with Crippen LogP contribution in [0.4, 0.5) is 0 Å². The van der Waals surface area contributed by atoms with Crippen molar-refractivity contribution in [2.45, 2.75) is 26.3 Å². The van der Waals surface area contributed by atoms with Gasteiger partial charge in [-0.25, -0.2) is 0 Å². The van der Waals surface area contributed by atoms with Gasteiger partial charge in [-0.3, -0.25) is 0 Å². The summed E-state index contributed by atoms with van der Waals surface area (Å²) in [7, 11) is 1.72. The molecule has 0 saturated heterocycles. The van der Waals surface area contributed by atoms with Gasteiger partial charge in [0.05, 0.1) is 12.6 Å². The molecule has 0 aliphatic heterocycles. The number of nitrogens with zero attached hydrogens (tertiary/aromatic N) is 1. The van der Waals surface area contributed by atoms with Gasteiger partial charge in [0.25, 0.3) is 0 Å². The first-order valence-electron chi connectivity index (χ1n) is 6.05. The Kier molecular flexibility index (Phi) is 3.38. The summed E-state index contributed by atoms with van der Waals surface area (Å²) in [6.45, 7) is 5.03. The third kappa shape index (κ3) is 2.03. The molecule has 1 heterocycles. The van der Waals surface area contributed by atoms with Gasteiger partial charge in [0.2, 0.25) is 0 Å². The van der Waals surface area contributed by atoms with Crippen molar-refractivity contribution in [3.05, 3.63) is 30.0 Å². The zero-order valence-electron chi connectivity index (χ0n) is 10.7. The van der Waals surface area contributed by atoms with Crippen LogP contribution in [-0.4, -0.2) is 18.2 Å². The van der Waals surface area contributed by atoms with E-state index >= 15 is 0 Å². The molecule has 1 aromatic carbocycles. The molecule has 17 heavy (non-hydrogen) atoms. The van der Waals surface area contributed by atoms with E-state index < -0.39 is 0 Å². The maximum Gasteiger partial charge on any atom is 0.143 e. The van der Waals surface area contributed by atoms with Gasteiger partial charge in [0.15, 0.2) is 0 Å². The molecule has 0 aliphatic carbocycles. The molecule has 0 saturated carbocycles. The number of aromatic nitrogens is 1. The standard InChI is InChI=1S/C14H20N2O/c1-10(2)16-9-11(7-8-15)12-5-4-6-13(17-3)14(12)16/h4-6,9-10H,7-8,15H2,1-3H3. The molecule has 2 aromatic rings. The second kappa shape index (κ2) is 4.80. The lowest BCUT2D eigenvalue weighted by molar-refractivity contribution is 0.416. The number of nitrogens with two attached hydrogens (primary N) is 1. The van der Waals surface area contributed by atoms with Crippen molar-refractivity contribution in [2.24, 2.45) is 5.73 Å². The van der Waals surface area contributed by atoms with Crippen molar-refractivity contribution in [3.63, 3.8) is 0 Å². The first-order chi connectivity index (χ1) is 8.19. The normalized spacial score (nSPS) is 11.4. The number of para-hydroxylation sites is 1. The van der Waals surface area contributed by atoms with E-state index in [9.17, 15) is 0 Å². The van der Waals surface area contributed by atoms with E-state index in [1.807, 2.05) is 12.1 Å². The first kappa shape index (κ1) is 12.0. The second-order valence-corrected chi connectivity index (χ2v) is 4.55. The number of benzene rings is 1. The molecular formula is C14H20N2O. The maximum atomic E-state index is 5.67. The average Bonchev–Trinajstić information content (AvgIpc) is 2.69. The zero-order valence-corrected chi connectivity index (χ0v) is 10.7. The van der Waals surface area contributed by atoms with Crippen LogP contribution >= 0.6 is 0 Å². The van der Waals surface area contributed by atoms with Crippen LogP contribution in [-0.2, 0) is 6.42 Å². The lowest BCUT2D eigenvalue weighted by atomic mass is 10.1. The van der Waals surface area contributed by atoms with Crippen molar-refractivity contribution < 1.29 is 4.74 Å². The monoisotopic (exact) mass is 232 g/mol. The molecule has 0 fully saturated rings. The van der Waals surface area contributed by atoms with Gasteiger partial charge in [0, 0.05) is 17.6 Å². The number of ether oxygens (including phenoxy) is 1. The third-order valence-electron chi connectivity index (χ3n) is 3.09. The van der Waals surface area contributed by atoms with Gasteiger partial charge in [-0.2, -0.15) is 0 Å². The van der Waals surface area contributed by atoms with E-state index in [0.29, 0.717) is 12.6 Å². The molecule has 92 valence electrons. The quantitative estimate of drug-likeness (QED) is 0.880. The van der Waals surface area contributed by atoms with Crippen LogP contribution in [0.25, 0.3) is 10.9 Å². The van der Waals surface area contributed by atoms with Gasteiger partial charge in [-0.1, -0.05) is 12.1 Å². The predicted octanol–water partition coefficient (Wildman–Crippen LogP) is 2.73. The fourth-order valence-electron chi connectivity index (χ4n) is 2.28. The molecule has 0 atom stereocenters. The highest BCUT2D eigenvalue weighted by atomic mass is 16.5. The number of hydrogen-bond acceptors (Lipinski definition) is 2. The van der Waals surface area contributed by atoms with Crippen molar-refractivity contribution in [1.82, 2.24) is 4.57 Å². The van der Waals surface area contributed by atoms with Crippen LogP contribution in [0.2, 0.25) is 0 Å². The molecule has 0 spiro atoms. The Morgan fingerprint density at radius 1 is 1.35 bits per heavy atom. The van der Waals surface area contributed by atoms with Crippen molar-refractivity contribution in [2.75, 3.05) is 13.7 Å². The van der Waals surface area contributed by atoms with Crippen LogP contribution in [0.3, 0.4) is 0 Å². The van der Waals surface area contributed by atoms with Gasteiger partial charge in [-0.15, -0.1) is 0 Å². The second-order valence-electron chi connectivity index (χ2n) is 4.55. The van der Waals surface area contributed by atoms with Gasteiger partial charge >= 0.3 is 0 Å². The van der Waals surface area contributed by atoms with E-state index in [1.54, 1.807) is 7.11 Å². The summed E-state index contributed by atoms with van der Waals surface area (Å²) in [4.78, 5) is 0. The Bertz CT molecular complexity index is 514. The summed E-state index contributed by atoms with van der Waals surface area (Å²) in [5, 5.41) is 1.25. The first-order valence-corrected chi connectivity index (χ1v) is 6.05. The largest absolute Gasteiger partial charge is 0.495 e. The van der Waals surface area contributed by atoms with Crippen LogP contribution < -0.4 is 10.5 Å². The van der Waals surface area contributed by atoms with Crippen LogP contribution in [0.1, 0.15) is 25.5 Å². The van der Waals surface area contributed by atoms with E-state index in [2.05, 4.69) is 30.7 Å². The Hall–Kier alpha value is -1.48. The van der Waals surface area contributed by atoms with Crippen LogP contribution in [0, 0.1) is 0 Å². The van der Waals surface area contributed by atoms with Crippen molar-refractivity contribution in [3.8, 4) is 5.75 Å². The average molecular weight is 232 g/mol. The fraction of sp³-hybridized carbons (Fsp3) is 0.429. The molecule has 1 aromatic heterocycles. The van der Waals surface area contributed by atoms with Crippen molar-refractivity contribution >= 4 is 10.9 Å². The van der Waals surface area contributed by atoms with E-state index in [0.717, 1.165) is 12.2 Å². The highest BCUT2D eigenvalue weighted by molar-refractivity contribution is 5.89. The van der Waals surface area contributed by atoms with Crippen molar-refractivity contribution in [1.29, 1.82) is 0 Å². The van der Waals surface area contributed by atoms with Crippen LogP contribution in [0.15, 0.2) is 24.4 Å². The summed E-state index contributed by atoms with van der Waals surface area (Å²) < 4.78 is 7.72. The number of fused-ring (bicyclic) bond motifs is 1. The molecule has 0 radical (unpaired) electrons. The highest BCUT2D eigenvalue weighted by Crippen LogP contribution is 2.32. The van der Waals surface area contributed by atoms with Gasteiger partial charge in [0.1, 0.15) is 5.75 Å². The Morgan fingerprint density at radius 2 is 2.12 bits per heavy atom. The van der Waals surface area contributed by atoms with E-state index in [-0.39, 0.29) is 0 Å². The smallest absolute Gasteiger partial charge is 0.143 e. The lowest BCUT2D eigenvalue weighted by Crippen LogP contribution is -2.02. The van der Waals surface area contributed by atoms with Gasteiger partial charge in [-0.05, 0) is 38.4 Å². The molecule has 2 rings (SSSR count). The van der Waals surface area contributed by atoms with E-state index in [1.165, 1.54) is 16.5 Å². The molecule has 2 N–H and O–H groups in total. The maximum absolute atomic E-state index is 5.67. The Balaban J connectivity index is 2.71. The topological polar surface area (TPSA) is 40.2 Å². The molecular weight excluding hydrogens is 212 g/mol. The predicted molar refractivity (Wildman–Crippen MR) is 71.6 cm³/mol. The molecule has 0 aliphatic rings. The molecule has 0 bridgehead atoms. The summed E-state index contributed by atoms with van der Waals surface area (Å²) in [5.41, 5.74) is 8.14. The number of methoxy groups -OCH3 is 1. The number of rotatable bonds is 4. The lowest BCUT2D eigenvalue weighted by Gasteiger charge is -2.11. The SMILES string of the molecule is COc1cccc2c(CCN)cn(C(C)C)c12. The Morgan fingerprint density at radius 3 is 2.71 bits per heavy atom. The molecule has 0 unspecified atom stereocenters. The summed E-state index contributed by atoms with van der Waals surface area (Å²) in [6, 6.07) is 6.60. The van der Waals surface area contributed by atoms with Crippen LogP contribution in [0.5, 0.6) is 5.75 Å². The third-order valence-corrected chi connectivity index (χ3v) is 3.09. The van der Waals surface area contributed by atoms with Gasteiger partial charge < -0.3 is 15.0 Å². The summed E-state index contributed by atoms with van der Waals surface area (Å²) >= 11 is 0. The molecule has 3 heteroatoms. The minimum absolute atomic E-state index is 0.417. The molecule has 3 nitrogen and oxygen atoms in total.